The van der Waals surface area contributed by atoms with E-state index < -0.39 is 32.2 Å². The van der Waals surface area contributed by atoms with Crippen molar-refractivity contribution in [1.29, 1.82) is 0 Å². The molecule has 9 nitrogen and oxygen atoms in total. The molecule has 0 aliphatic rings. The summed E-state index contributed by atoms with van der Waals surface area (Å²) in [5.41, 5.74) is 1.07. The first kappa shape index (κ1) is 21.6. The largest absolute Gasteiger partial charge is 0.488 e. The van der Waals surface area contributed by atoms with E-state index in [0.29, 0.717) is 0 Å². The van der Waals surface area contributed by atoms with Gasteiger partial charge in [0.1, 0.15) is 0 Å². The fourth-order valence-electron chi connectivity index (χ4n) is 2.31. The van der Waals surface area contributed by atoms with E-state index in [1.807, 2.05) is 0 Å². The summed E-state index contributed by atoms with van der Waals surface area (Å²) in [6.07, 6.45) is -1.02. The van der Waals surface area contributed by atoms with Gasteiger partial charge in [0.2, 0.25) is 0 Å². The summed E-state index contributed by atoms with van der Waals surface area (Å²) in [7, 11) is -3.24. The lowest BCUT2D eigenvalue weighted by Crippen LogP contribution is -2.40. The predicted octanol–water partition coefficient (Wildman–Crippen LogP) is -3.43. The summed E-state index contributed by atoms with van der Waals surface area (Å²) in [6, 6.07) is 11.3. The number of aliphatic hydroxyl groups is 1. The molecule has 11 heteroatoms. The van der Waals surface area contributed by atoms with Crippen LogP contribution in [0.15, 0.2) is 48.5 Å². The molecular formula is C17H20B2N2O7. The lowest BCUT2D eigenvalue weighted by Gasteiger charge is -2.13. The first-order valence-corrected chi connectivity index (χ1v) is 8.44. The van der Waals surface area contributed by atoms with Gasteiger partial charge in [-0.1, -0.05) is 24.3 Å². The molecule has 0 saturated heterocycles. The highest BCUT2D eigenvalue weighted by Crippen LogP contribution is 1.99. The molecule has 0 unspecified atom stereocenters. The van der Waals surface area contributed by atoms with Crippen LogP contribution < -0.4 is 21.6 Å². The molecule has 2 aromatic carbocycles. The monoisotopic (exact) mass is 386 g/mol. The maximum absolute atomic E-state index is 12.0. The molecule has 2 aromatic rings. The van der Waals surface area contributed by atoms with Crippen molar-refractivity contribution in [3.05, 3.63) is 59.7 Å². The van der Waals surface area contributed by atoms with Crippen molar-refractivity contribution in [1.82, 2.24) is 10.6 Å². The van der Waals surface area contributed by atoms with Gasteiger partial charge in [-0.15, -0.1) is 0 Å². The van der Waals surface area contributed by atoms with Gasteiger partial charge in [0.05, 0.1) is 6.10 Å². The lowest BCUT2D eigenvalue weighted by atomic mass is 9.80. The molecule has 2 amide bonds. The van der Waals surface area contributed by atoms with Crippen molar-refractivity contribution >= 4 is 37.0 Å². The van der Waals surface area contributed by atoms with Crippen molar-refractivity contribution < 1.29 is 34.8 Å². The molecule has 0 heterocycles. The minimum absolute atomic E-state index is 0.0981. The van der Waals surface area contributed by atoms with Crippen molar-refractivity contribution in [2.45, 2.75) is 6.10 Å². The van der Waals surface area contributed by atoms with Crippen molar-refractivity contribution in [2.24, 2.45) is 0 Å². The Labute approximate surface area is 161 Å². The Hall–Kier alpha value is -2.69. The van der Waals surface area contributed by atoms with Crippen molar-refractivity contribution in [3.63, 3.8) is 0 Å². The Bertz CT molecular complexity index is 731. The van der Waals surface area contributed by atoms with Gasteiger partial charge in [-0.05, 0) is 35.2 Å². The van der Waals surface area contributed by atoms with E-state index in [9.17, 15) is 14.7 Å². The van der Waals surface area contributed by atoms with Crippen LogP contribution in [0.1, 0.15) is 20.7 Å². The van der Waals surface area contributed by atoms with Gasteiger partial charge in [-0.25, -0.2) is 0 Å². The molecule has 0 atom stereocenters. The molecule has 28 heavy (non-hydrogen) atoms. The third kappa shape index (κ3) is 6.19. The second-order valence-corrected chi connectivity index (χ2v) is 6.07. The smallest absolute Gasteiger partial charge is 0.423 e. The van der Waals surface area contributed by atoms with E-state index in [1.165, 1.54) is 48.5 Å². The maximum atomic E-state index is 12.0. The SMILES string of the molecule is O=C(NCC(O)CNC(=O)c1ccc(B(O)O)cc1)c1ccc(B(O)O)cc1. The summed E-state index contributed by atoms with van der Waals surface area (Å²) in [5.74, 6) is -0.912. The highest BCUT2D eigenvalue weighted by molar-refractivity contribution is 6.58. The van der Waals surface area contributed by atoms with Crippen LogP contribution in [0.25, 0.3) is 0 Å². The number of carbonyl (C=O) groups excluding carboxylic acids is 2. The molecule has 0 aliphatic carbocycles. The summed E-state index contributed by atoms with van der Waals surface area (Å²) in [5, 5.41) is 51.0. The number of carbonyl (C=O) groups is 2. The Balaban J connectivity index is 1.77. The number of aliphatic hydroxyl groups excluding tert-OH is 1. The van der Waals surface area contributed by atoms with Gasteiger partial charge in [0.25, 0.3) is 11.8 Å². The molecular weight excluding hydrogens is 366 g/mol. The quantitative estimate of drug-likeness (QED) is 0.233. The molecule has 0 bridgehead atoms. The van der Waals surface area contributed by atoms with Crippen LogP contribution in [0, 0.1) is 0 Å². The van der Waals surface area contributed by atoms with Crippen molar-refractivity contribution in [3.8, 4) is 0 Å². The van der Waals surface area contributed by atoms with Gasteiger partial charge in [-0.2, -0.15) is 0 Å². The second kappa shape index (κ2) is 10.0. The summed E-state index contributed by atoms with van der Waals surface area (Å²) in [4.78, 5) is 24.0. The normalized spacial score (nSPS) is 10.5. The zero-order valence-corrected chi connectivity index (χ0v) is 14.8. The van der Waals surface area contributed by atoms with E-state index >= 15 is 0 Å². The fraction of sp³-hybridized carbons (Fsp3) is 0.176. The average Bonchev–Trinajstić information content (AvgIpc) is 2.70. The minimum atomic E-state index is -1.62. The number of hydrogen-bond donors (Lipinski definition) is 7. The van der Waals surface area contributed by atoms with Gasteiger partial charge < -0.3 is 35.8 Å². The average molecular weight is 386 g/mol. The molecule has 2 rings (SSSR count). The lowest BCUT2D eigenvalue weighted by molar-refractivity contribution is 0.0885. The van der Waals surface area contributed by atoms with Crippen LogP contribution in [0.3, 0.4) is 0 Å². The summed E-state index contributed by atoms with van der Waals surface area (Å²) in [6.45, 7) is -0.196. The molecule has 0 aliphatic heterocycles. The molecule has 0 spiro atoms. The zero-order chi connectivity index (χ0) is 20.7. The van der Waals surface area contributed by atoms with E-state index in [4.69, 9.17) is 20.1 Å². The van der Waals surface area contributed by atoms with Crippen LogP contribution in [-0.2, 0) is 0 Å². The summed E-state index contributed by atoms with van der Waals surface area (Å²) < 4.78 is 0. The molecule has 0 radical (unpaired) electrons. The molecule has 7 N–H and O–H groups in total. The predicted molar refractivity (Wildman–Crippen MR) is 103 cm³/mol. The highest BCUT2D eigenvalue weighted by Gasteiger charge is 2.15. The number of benzene rings is 2. The van der Waals surface area contributed by atoms with Crippen LogP contribution in [0.2, 0.25) is 0 Å². The number of rotatable bonds is 8. The first-order chi connectivity index (χ1) is 13.3. The van der Waals surface area contributed by atoms with Gasteiger partial charge >= 0.3 is 14.2 Å². The second-order valence-electron chi connectivity index (χ2n) is 6.07. The highest BCUT2D eigenvalue weighted by atomic mass is 16.4. The zero-order valence-electron chi connectivity index (χ0n) is 14.8. The molecule has 146 valence electrons. The topological polar surface area (TPSA) is 159 Å². The van der Waals surface area contributed by atoms with Gasteiger partial charge in [-0.3, -0.25) is 9.59 Å². The van der Waals surface area contributed by atoms with Crippen molar-refractivity contribution in [2.75, 3.05) is 13.1 Å². The van der Waals surface area contributed by atoms with Crippen LogP contribution in [-0.4, -0.2) is 70.4 Å². The van der Waals surface area contributed by atoms with E-state index in [1.54, 1.807) is 0 Å². The van der Waals surface area contributed by atoms with Crippen LogP contribution >= 0.6 is 0 Å². The van der Waals surface area contributed by atoms with E-state index in [2.05, 4.69) is 10.6 Å². The Morgan fingerprint density at radius 2 is 1.04 bits per heavy atom. The third-order valence-electron chi connectivity index (χ3n) is 3.94. The van der Waals surface area contributed by atoms with Gasteiger partial charge in [0, 0.05) is 24.2 Å². The fourth-order valence-corrected chi connectivity index (χ4v) is 2.31. The minimum Gasteiger partial charge on any atom is -0.423 e. The first-order valence-electron chi connectivity index (χ1n) is 8.44. The number of amides is 2. The third-order valence-corrected chi connectivity index (χ3v) is 3.94. The van der Waals surface area contributed by atoms with Crippen LogP contribution in [0.4, 0.5) is 0 Å². The Morgan fingerprint density at radius 3 is 1.32 bits per heavy atom. The molecule has 0 saturated carbocycles. The number of hydrogen-bond acceptors (Lipinski definition) is 7. The van der Waals surface area contributed by atoms with E-state index in [0.717, 1.165) is 0 Å². The number of nitrogens with one attached hydrogen (secondary N) is 2. The van der Waals surface area contributed by atoms with Crippen LogP contribution in [0.5, 0.6) is 0 Å². The maximum Gasteiger partial charge on any atom is 0.488 e. The Kier molecular flexibility index (Phi) is 7.73. The van der Waals surface area contributed by atoms with E-state index in [-0.39, 0.29) is 35.1 Å². The Morgan fingerprint density at radius 1 is 0.714 bits per heavy atom. The molecule has 0 aromatic heterocycles. The summed E-state index contributed by atoms with van der Waals surface area (Å²) >= 11 is 0. The molecule has 0 fully saturated rings. The standard InChI is InChI=1S/C17H20B2N2O7/c22-15(9-20-16(23)11-1-5-13(6-2-11)18(25)26)10-21-17(24)12-3-7-14(8-4-12)19(27)28/h1-8,15,22,25-28H,9-10H2,(H,20,23)(H,21,24). The van der Waals surface area contributed by atoms with Gasteiger partial charge in [0.15, 0.2) is 0 Å².